The van der Waals surface area contributed by atoms with Crippen LogP contribution < -0.4 is 0 Å². The van der Waals surface area contributed by atoms with E-state index >= 15 is 0 Å². The van der Waals surface area contributed by atoms with Gasteiger partial charge < -0.3 is 21.2 Å². The van der Waals surface area contributed by atoms with Crippen molar-refractivity contribution in [3.8, 4) is 0 Å². The molecule has 0 saturated carbocycles. The van der Waals surface area contributed by atoms with Crippen LogP contribution in [0.5, 0.6) is 0 Å². The Kier molecular flexibility index (Phi) is 73.8. The Labute approximate surface area is 49.8 Å². The molecule has 7 heavy (non-hydrogen) atoms. The van der Waals surface area contributed by atoms with Gasteiger partial charge in [0.2, 0.25) is 0 Å². The van der Waals surface area contributed by atoms with Crippen molar-refractivity contribution in [3.63, 3.8) is 0 Å². The minimum absolute atomic E-state index is 0. The predicted molar refractivity (Wildman–Crippen MR) is 14.5 cm³/mol. The van der Waals surface area contributed by atoms with Crippen molar-refractivity contribution in [1.82, 2.24) is 0 Å². The molecule has 0 aliphatic heterocycles. The van der Waals surface area contributed by atoms with Gasteiger partial charge in [-0.05, 0) is 0 Å². The normalized spacial score (nSPS) is 3.43. The molecule has 0 aromatic rings. The SMILES string of the molecule is O=C(O)O.[Co+2].[OH-].[OH-]. The van der Waals surface area contributed by atoms with Gasteiger partial charge in [-0.15, -0.1) is 0 Å². The summed E-state index contributed by atoms with van der Waals surface area (Å²) in [5.74, 6) is 0. The number of carboxylic acid groups (broad SMARTS) is 2. The predicted octanol–water partition coefficient (Wildman–Crippen LogP) is -0.134. The quantitative estimate of drug-likeness (QED) is 0.504. The summed E-state index contributed by atoms with van der Waals surface area (Å²) in [5, 5.41) is 13.9. The zero-order chi connectivity index (χ0) is 3.58. The maximum atomic E-state index is 8.56. The van der Waals surface area contributed by atoms with Gasteiger partial charge in [-0.1, -0.05) is 0 Å². The largest absolute Gasteiger partial charge is 2.00 e. The van der Waals surface area contributed by atoms with Crippen LogP contribution in [0.4, 0.5) is 4.79 Å². The summed E-state index contributed by atoms with van der Waals surface area (Å²) in [4.78, 5) is 8.56. The second-order valence-electron chi connectivity index (χ2n) is 0.283. The molecule has 0 aromatic carbocycles. The van der Waals surface area contributed by atoms with Crippen LogP contribution in [0.2, 0.25) is 0 Å². The molecule has 0 fully saturated rings. The molecular formula is CH4CoO5. The zero-order valence-corrected chi connectivity index (χ0v) is 4.07. The van der Waals surface area contributed by atoms with Crippen LogP contribution in [0, 0.1) is 0 Å². The summed E-state index contributed by atoms with van der Waals surface area (Å²) in [6, 6.07) is 0. The Balaban J connectivity index is -0.0000000150. The number of carbonyl (C=O) groups is 1. The molecular weight excluding hydrogens is 151 g/mol. The third kappa shape index (κ3) is 845. The van der Waals surface area contributed by atoms with Gasteiger partial charge in [0.1, 0.15) is 0 Å². The van der Waals surface area contributed by atoms with Crippen LogP contribution in [-0.2, 0) is 16.8 Å². The van der Waals surface area contributed by atoms with Crippen molar-refractivity contribution >= 4 is 6.16 Å². The number of rotatable bonds is 0. The smallest absolute Gasteiger partial charge is 0.870 e. The Morgan fingerprint density at radius 3 is 1.14 bits per heavy atom. The van der Waals surface area contributed by atoms with E-state index in [1.807, 2.05) is 0 Å². The summed E-state index contributed by atoms with van der Waals surface area (Å²) in [7, 11) is 0. The first-order valence-electron chi connectivity index (χ1n) is 0.651. The Hall–Kier alpha value is -0.304. The van der Waals surface area contributed by atoms with Gasteiger partial charge in [0.25, 0.3) is 0 Å². The third-order valence-electron chi connectivity index (χ3n) is 0. The molecule has 0 spiro atoms. The fourth-order valence-corrected chi connectivity index (χ4v) is 0. The van der Waals surface area contributed by atoms with Gasteiger partial charge in [-0.25, -0.2) is 4.79 Å². The number of hydrogen-bond acceptors (Lipinski definition) is 3. The third-order valence-corrected chi connectivity index (χ3v) is 0. The average molecular weight is 155 g/mol. The zero-order valence-electron chi connectivity index (χ0n) is 3.03. The molecule has 0 aliphatic rings. The van der Waals surface area contributed by atoms with Crippen LogP contribution in [0.25, 0.3) is 0 Å². The van der Waals surface area contributed by atoms with Crippen LogP contribution in [0.15, 0.2) is 0 Å². The first-order valence-corrected chi connectivity index (χ1v) is 0.651. The summed E-state index contributed by atoms with van der Waals surface area (Å²) >= 11 is 0. The molecule has 0 aliphatic carbocycles. The average Bonchev–Trinajstić information content (AvgIpc) is 0.811. The topological polar surface area (TPSA) is 118 Å². The van der Waals surface area contributed by atoms with E-state index in [1.165, 1.54) is 0 Å². The van der Waals surface area contributed by atoms with Crippen LogP contribution in [-0.4, -0.2) is 27.3 Å². The molecule has 4 N–H and O–H groups in total. The minimum Gasteiger partial charge on any atom is -0.870 e. The molecule has 0 amide bonds. The molecule has 6 heteroatoms. The van der Waals surface area contributed by atoms with E-state index in [0.717, 1.165) is 0 Å². The molecule has 1 radical (unpaired) electrons. The van der Waals surface area contributed by atoms with Crippen molar-refractivity contribution in [2.45, 2.75) is 0 Å². The van der Waals surface area contributed by atoms with E-state index in [0.29, 0.717) is 0 Å². The molecule has 0 bridgehead atoms. The molecule has 5 nitrogen and oxygen atoms in total. The Bertz CT molecular complexity index is 31.1. The maximum Gasteiger partial charge on any atom is 2.00 e. The van der Waals surface area contributed by atoms with Gasteiger partial charge >= 0.3 is 22.9 Å². The van der Waals surface area contributed by atoms with Crippen molar-refractivity contribution in [1.29, 1.82) is 0 Å². The Morgan fingerprint density at radius 1 is 1.14 bits per heavy atom. The van der Waals surface area contributed by atoms with Gasteiger partial charge in [0.05, 0.1) is 0 Å². The minimum atomic E-state index is -1.83. The van der Waals surface area contributed by atoms with Crippen molar-refractivity contribution in [2.75, 3.05) is 0 Å². The van der Waals surface area contributed by atoms with Gasteiger partial charge in [0, 0.05) is 0 Å². The fourth-order valence-electron chi connectivity index (χ4n) is 0. The fraction of sp³-hybridized carbons (Fsp3) is 0. The molecule has 0 unspecified atom stereocenters. The van der Waals surface area contributed by atoms with Crippen LogP contribution >= 0.6 is 0 Å². The number of hydrogen-bond donors (Lipinski definition) is 2. The van der Waals surface area contributed by atoms with Crippen molar-refractivity contribution < 1.29 is 42.7 Å². The first-order chi connectivity index (χ1) is 1.73. The molecule has 0 saturated heterocycles. The van der Waals surface area contributed by atoms with Crippen molar-refractivity contribution in [3.05, 3.63) is 0 Å². The molecule has 47 valence electrons. The van der Waals surface area contributed by atoms with E-state index in [4.69, 9.17) is 15.0 Å². The Morgan fingerprint density at radius 2 is 1.14 bits per heavy atom. The molecule has 0 heterocycles. The van der Waals surface area contributed by atoms with Crippen LogP contribution in [0.1, 0.15) is 0 Å². The standard InChI is InChI=1S/CH2O3.Co.2H2O/c2-1(3)4;;;/h(H2,2,3,4);;2*1H2/q;+2;;/p-2. The van der Waals surface area contributed by atoms with E-state index < -0.39 is 6.16 Å². The monoisotopic (exact) mass is 155 g/mol. The first kappa shape index (κ1) is 29.9. The summed E-state index contributed by atoms with van der Waals surface area (Å²) in [6.07, 6.45) is -1.83. The van der Waals surface area contributed by atoms with Crippen LogP contribution in [0.3, 0.4) is 0 Å². The van der Waals surface area contributed by atoms with E-state index in [1.54, 1.807) is 0 Å². The van der Waals surface area contributed by atoms with E-state index in [2.05, 4.69) is 0 Å². The summed E-state index contributed by atoms with van der Waals surface area (Å²) in [6.45, 7) is 0. The van der Waals surface area contributed by atoms with Gasteiger partial charge in [-0.2, -0.15) is 0 Å². The van der Waals surface area contributed by atoms with E-state index in [-0.39, 0.29) is 27.7 Å². The van der Waals surface area contributed by atoms with Gasteiger partial charge in [0.15, 0.2) is 0 Å². The maximum absolute atomic E-state index is 8.56. The molecule has 0 atom stereocenters. The second-order valence-corrected chi connectivity index (χ2v) is 0.283. The summed E-state index contributed by atoms with van der Waals surface area (Å²) in [5.41, 5.74) is 0. The molecule has 0 aromatic heterocycles. The van der Waals surface area contributed by atoms with E-state index in [9.17, 15) is 0 Å². The van der Waals surface area contributed by atoms with Gasteiger partial charge in [-0.3, -0.25) is 0 Å². The molecule has 0 rings (SSSR count). The summed E-state index contributed by atoms with van der Waals surface area (Å²) < 4.78 is 0. The van der Waals surface area contributed by atoms with Crippen molar-refractivity contribution in [2.24, 2.45) is 0 Å². The second kappa shape index (κ2) is 17.3.